The van der Waals surface area contributed by atoms with Gasteiger partial charge in [0.25, 0.3) is 5.24 Å². The van der Waals surface area contributed by atoms with Gasteiger partial charge in [-0.25, -0.2) is 4.79 Å². The van der Waals surface area contributed by atoms with E-state index in [0.29, 0.717) is 24.0 Å². The van der Waals surface area contributed by atoms with Gasteiger partial charge in [0.2, 0.25) is 0 Å². The van der Waals surface area contributed by atoms with Crippen LogP contribution in [0.1, 0.15) is 41.0 Å². The number of carbonyl (C=O) groups excluding carboxylic acids is 2. The molecule has 28 heavy (non-hydrogen) atoms. The zero-order valence-corrected chi connectivity index (χ0v) is 15.7. The Morgan fingerprint density at radius 2 is 1.18 bits per heavy atom. The molecule has 0 atom stereocenters. The third kappa shape index (κ3) is 14.9. The van der Waals surface area contributed by atoms with Gasteiger partial charge in [-0.1, -0.05) is 56.0 Å². The van der Waals surface area contributed by atoms with Crippen molar-refractivity contribution in [3.63, 3.8) is 0 Å². The molecule has 0 spiro atoms. The van der Waals surface area contributed by atoms with Gasteiger partial charge in [0.15, 0.2) is 0 Å². The first-order chi connectivity index (χ1) is 13.1. The van der Waals surface area contributed by atoms with Crippen LogP contribution < -0.4 is 0 Å². The van der Waals surface area contributed by atoms with Gasteiger partial charge in [0, 0.05) is 31.8 Å². The third-order valence-electron chi connectivity index (χ3n) is 2.86. The quantitative estimate of drug-likeness (QED) is 0.366. The van der Waals surface area contributed by atoms with Crippen molar-refractivity contribution < 1.29 is 29.6 Å². The van der Waals surface area contributed by atoms with Gasteiger partial charge in [0.05, 0.1) is 12.2 Å². The van der Waals surface area contributed by atoms with Crippen molar-refractivity contribution >= 4 is 22.8 Å². The maximum absolute atomic E-state index is 11.2. The zero-order valence-electron chi connectivity index (χ0n) is 15.0. The molecule has 0 saturated heterocycles. The second-order valence-electron chi connectivity index (χ2n) is 5.02. The summed E-state index contributed by atoms with van der Waals surface area (Å²) >= 11 is 5.16. The molecule has 0 radical (unpaired) electrons. The molecule has 0 heterocycles. The normalized spacial score (nSPS) is 8.86. The second kappa shape index (κ2) is 19.5. The average Bonchev–Trinajstić information content (AvgIpc) is 2.71. The highest BCUT2D eigenvalue weighted by Crippen LogP contribution is 2.01. The van der Waals surface area contributed by atoms with Gasteiger partial charge >= 0.3 is 5.97 Å². The molecule has 6 nitrogen and oxygen atoms in total. The summed E-state index contributed by atoms with van der Waals surface area (Å²) in [5, 5.41) is 23.9. The van der Waals surface area contributed by atoms with Crippen LogP contribution in [0.2, 0.25) is 0 Å². The van der Waals surface area contributed by atoms with Crippen molar-refractivity contribution in [2.75, 3.05) is 26.4 Å². The summed E-state index contributed by atoms with van der Waals surface area (Å²) in [4.78, 5) is 21.6. The van der Waals surface area contributed by atoms with Gasteiger partial charge in [-0.05, 0) is 30.2 Å². The lowest BCUT2D eigenvalue weighted by Crippen LogP contribution is -2.06. The minimum atomic E-state index is -0.407. The molecule has 0 unspecified atom stereocenters. The molecule has 2 rings (SSSR count). The smallest absolute Gasteiger partial charge is 0.338 e. The third-order valence-corrected chi connectivity index (χ3v) is 3.08. The van der Waals surface area contributed by atoms with Gasteiger partial charge in [-0.2, -0.15) is 0 Å². The van der Waals surface area contributed by atoms with Crippen molar-refractivity contribution in [2.45, 2.75) is 20.3 Å². The van der Waals surface area contributed by atoms with Crippen LogP contribution in [-0.4, -0.2) is 53.0 Å². The number of hydrogen-bond donors (Lipinski definition) is 3. The fraction of sp³-hybridized carbons (Fsp3) is 0.333. The molecule has 0 bridgehead atoms. The minimum absolute atomic E-state index is 0. The van der Waals surface area contributed by atoms with E-state index in [1.165, 1.54) is 0 Å². The second-order valence-corrected chi connectivity index (χ2v) is 5.36. The van der Waals surface area contributed by atoms with Crippen molar-refractivity contribution in [1.82, 2.24) is 0 Å². The SMILES string of the molecule is C.O=C(Cl)c1ccccc1.O=C(OCCCO)c1ccccc1.OCCCO. The Hall–Kier alpha value is -2.25. The number of benzene rings is 2. The number of halogens is 1. The molecular formula is C21H29ClO6. The van der Waals surface area contributed by atoms with Crippen LogP contribution in [0.25, 0.3) is 0 Å². The summed E-state index contributed by atoms with van der Waals surface area (Å²) in [7, 11) is 0. The minimum Gasteiger partial charge on any atom is -0.462 e. The van der Waals surface area contributed by atoms with Crippen molar-refractivity contribution in [1.29, 1.82) is 0 Å². The number of ether oxygens (including phenoxy) is 1. The number of aliphatic hydroxyl groups excluding tert-OH is 3. The van der Waals surface area contributed by atoms with Crippen LogP contribution in [0.15, 0.2) is 60.7 Å². The Morgan fingerprint density at radius 3 is 1.50 bits per heavy atom. The number of hydrogen-bond acceptors (Lipinski definition) is 6. The van der Waals surface area contributed by atoms with Gasteiger partial charge in [-0.15, -0.1) is 0 Å². The van der Waals surface area contributed by atoms with Gasteiger partial charge in [0.1, 0.15) is 0 Å². The molecule has 0 amide bonds. The van der Waals surface area contributed by atoms with Gasteiger partial charge in [-0.3, -0.25) is 4.79 Å². The fourth-order valence-electron chi connectivity index (χ4n) is 1.53. The summed E-state index contributed by atoms with van der Waals surface area (Å²) in [6.45, 7) is 0.499. The van der Waals surface area contributed by atoms with Crippen LogP contribution in [0.3, 0.4) is 0 Å². The van der Waals surface area contributed by atoms with Crippen LogP contribution in [0.4, 0.5) is 0 Å². The Labute approximate surface area is 171 Å². The Kier molecular flexibility index (Phi) is 19.5. The topological polar surface area (TPSA) is 104 Å². The van der Waals surface area contributed by atoms with E-state index in [4.69, 9.17) is 31.7 Å². The molecule has 0 saturated carbocycles. The van der Waals surface area contributed by atoms with E-state index in [0.717, 1.165) is 0 Å². The first kappa shape index (κ1) is 28.0. The molecule has 2 aromatic rings. The van der Waals surface area contributed by atoms with E-state index >= 15 is 0 Å². The molecule has 3 N–H and O–H groups in total. The van der Waals surface area contributed by atoms with Crippen LogP contribution in [0.5, 0.6) is 0 Å². The summed E-state index contributed by atoms with van der Waals surface area (Å²) in [5.41, 5.74) is 1.08. The molecule has 0 fully saturated rings. The molecule has 7 heteroatoms. The number of esters is 1. The fourth-order valence-corrected chi connectivity index (χ4v) is 1.65. The number of rotatable bonds is 7. The van der Waals surface area contributed by atoms with Crippen LogP contribution in [0, 0.1) is 0 Å². The highest BCUT2D eigenvalue weighted by molar-refractivity contribution is 6.67. The first-order valence-corrected chi connectivity index (χ1v) is 8.74. The lowest BCUT2D eigenvalue weighted by Gasteiger charge is -2.02. The van der Waals surface area contributed by atoms with E-state index in [1.54, 1.807) is 48.5 Å². The summed E-state index contributed by atoms with van der Waals surface area (Å²) in [6.07, 6.45) is 0.985. The van der Waals surface area contributed by atoms with E-state index in [9.17, 15) is 9.59 Å². The van der Waals surface area contributed by atoms with E-state index in [2.05, 4.69) is 0 Å². The largest absolute Gasteiger partial charge is 0.462 e. The highest BCUT2D eigenvalue weighted by Gasteiger charge is 2.04. The predicted octanol–water partition coefficient (Wildman–Crippen LogP) is 3.29. The van der Waals surface area contributed by atoms with Crippen LogP contribution in [-0.2, 0) is 4.74 Å². The van der Waals surface area contributed by atoms with Gasteiger partial charge < -0.3 is 20.1 Å². The van der Waals surface area contributed by atoms with Crippen molar-refractivity contribution in [2.24, 2.45) is 0 Å². The maximum Gasteiger partial charge on any atom is 0.338 e. The van der Waals surface area contributed by atoms with E-state index < -0.39 is 5.24 Å². The maximum atomic E-state index is 11.2. The van der Waals surface area contributed by atoms with E-state index in [1.807, 2.05) is 12.1 Å². The molecule has 0 aliphatic carbocycles. The summed E-state index contributed by atoms with van der Waals surface area (Å²) in [6, 6.07) is 17.5. The predicted molar refractivity (Wildman–Crippen MR) is 111 cm³/mol. The number of carbonyl (C=O) groups is 2. The zero-order chi connectivity index (χ0) is 20.3. The Morgan fingerprint density at radius 1 is 0.750 bits per heavy atom. The molecule has 156 valence electrons. The summed E-state index contributed by atoms with van der Waals surface area (Å²) in [5.74, 6) is -0.339. The Balaban J connectivity index is 0. The van der Waals surface area contributed by atoms with Crippen LogP contribution >= 0.6 is 11.6 Å². The van der Waals surface area contributed by atoms with Crippen molar-refractivity contribution in [3.05, 3.63) is 71.8 Å². The van der Waals surface area contributed by atoms with E-state index in [-0.39, 0.29) is 39.8 Å². The highest BCUT2D eigenvalue weighted by atomic mass is 35.5. The molecule has 2 aromatic carbocycles. The lowest BCUT2D eigenvalue weighted by atomic mass is 10.2. The number of aliphatic hydroxyl groups is 3. The molecular weight excluding hydrogens is 384 g/mol. The molecule has 0 aliphatic heterocycles. The Bertz CT molecular complexity index is 617. The lowest BCUT2D eigenvalue weighted by molar-refractivity contribution is 0.0482. The standard InChI is InChI=1S/C10H12O3.C7H5ClO.C3H8O2.CH4/c11-7-4-8-13-10(12)9-5-2-1-3-6-9;8-7(9)6-4-2-1-3-5-6;4-2-1-3-5;/h1-3,5-6,11H,4,7-8H2;1-5H;4-5H,1-3H2;1H4. The summed E-state index contributed by atoms with van der Waals surface area (Å²) < 4.78 is 4.87. The first-order valence-electron chi connectivity index (χ1n) is 8.36. The molecule has 0 aromatic heterocycles. The van der Waals surface area contributed by atoms with Crippen molar-refractivity contribution in [3.8, 4) is 0 Å². The average molecular weight is 413 g/mol. The molecule has 0 aliphatic rings. The monoisotopic (exact) mass is 412 g/mol.